The molecule has 2 heteroatoms. The van der Waals surface area contributed by atoms with Gasteiger partial charge < -0.3 is 9.84 Å². The van der Waals surface area contributed by atoms with E-state index in [9.17, 15) is 5.11 Å². The largest absolute Gasteiger partial charge is 0.497 e. The van der Waals surface area contributed by atoms with E-state index in [0.717, 1.165) is 31.4 Å². The van der Waals surface area contributed by atoms with Crippen molar-refractivity contribution in [2.24, 2.45) is 22.7 Å². The molecule has 1 N–H and O–H groups in total. The van der Waals surface area contributed by atoms with Gasteiger partial charge in [-0.25, -0.2) is 0 Å². The minimum absolute atomic E-state index is 0.00657. The summed E-state index contributed by atoms with van der Waals surface area (Å²) in [4.78, 5) is 0. The van der Waals surface area contributed by atoms with Gasteiger partial charge >= 0.3 is 0 Å². The standard InChI is InChI=1S/C28H40O2/c1-18-7-9-20-17-21(30-6)10-11-23(20)22(18)12-13-24-19(2)8-14-25-27(3,4)26(29)15-16-28(24,25)5/h10-12,17-18,25-26,29H,7-9,13-16H2,1-6H3/b22-12+/t18-,25-,26-,28+/m0/s1. The van der Waals surface area contributed by atoms with Crippen molar-refractivity contribution >= 4 is 5.57 Å². The van der Waals surface area contributed by atoms with Crippen molar-refractivity contribution in [2.45, 2.75) is 85.7 Å². The van der Waals surface area contributed by atoms with Gasteiger partial charge in [-0.3, -0.25) is 0 Å². The van der Waals surface area contributed by atoms with Gasteiger partial charge in [-0.05, 0) is 103 Å². The molecule has 1 fully saturated rings. The highest BCUT2D eigenvalue weighted by Gasteiger charge is 2.53. The van der Waals surface area contributed by atoms with Crippen LogP contribution in [-0.4, -0.2) is 18.3 Å². The minimum Gasteiger partial charge on any atom is -0.497 e. The highest BCUT2D eigenvalue weighted by Crippen LogP contribution is 2.60. The summed E-state index contributed by atoms with van der Waals surface area (Å²) in [6.07, 6.45) is 10.2. The van der Waals surface area contributed by atoms with Crippen LogP contribution in [0.2, 0.25) is 0 Å². The fourth-order valence-corrected chi connectivity index (χ4v) is 7.00. The SMILES string of the molecule is COc1ccc2c(c1)CC[C@H](C)/C2=C\CC1=C(C)CC[C@H]2C(C)(C)[C@@H](O)CC[C@]12C. The van der Waals surface area contributed by atoms with E-state index in [1.165, 1.54) is 36.0 Å². The van der Waals surface area contributed by atoms with Crippen molar-refractivity contribution in [1.82, 2.24) is 0 Å². The maximum absolute atomic E-state index is 10.7. The van der Waals surface area contributed by atoms with Gasteiger partial charge in [0.25, 0.3) is 0 Å². The zero-order valence-electron chi connectivity index (χ0n) is 19.8. The van der Waals surface area contributed by atoms with Crippen LogP contribution in [-0.2, 0) is 6.42 Å². The van der Waals surface area contributed by atoms with E-state index in [2.05, 4.69) is 58.9 Å². The molecule has 2 nitrogen and oxygen atoms in total. The van der Waals surface area contributed by atoms with Crippen molar-refractivity contribution < 1.29 is 9.84 Å². The number of aliphatic hydroxyl groups is 1. The zero-order chi connectivity index (χ0) is 21.7. The van der Waals surface area contributed by atoms with Crippen LogP contribution in [0.4, 0.5) is 0 Å². The van der Waals surface area contributed by atoms with Crippen LogP contribution in [0.5, 0.6) is 5.75 Å². The quantitative estimate of drug-likeness (QED) is 0.548. The molecule has 3 aliphatic rings. The molecule has 30 heavy (non-hydrogen) atoms. The second-order valence-corrected chi connectivity index (χ2v) is 11.0. The summed E-state index contributed by atoms with van der Waals surface area (Å²) >= 11 is 0. The van der Waals surface area contributed by atoms with Gasteiger partial charge in [0, 0.05) is 0 Å². The molecular weight excluding hydrogens is 368 g/mol. The summed E-state index contributed by atoms with van der Waals surface area (Å²) < 4.78 is 5.46. The molecule has 1 aromatic rings. The molecule has 0 aromatic heterocycles. The Kier molecular flexibility index (Phi) is 5.68. The lowest BCUT2D eigenvalue weighted by Gasteiger charge is -2.57. The summed E-state index contributed by atoms with van der Waals surface area (Å²) in [5.74, 6) is 2.13. The Labute approximate surface area is 183 Å². The van der Waals surface area contributed by atoms with E-state index in [1.54, 1.807) is 18.3 Å². The molecule has 1 saturated carbocycles. The molecule has 0 unspecified atom stereocenters. The molecule has 3 aliphatic carbocycles. The Hall–Kier alpha value is -1.54. The number of allylic oxidation sites excluding steroid dienone is 4. The van der Waals surface area contributed by atoms with Crippen LogP contribution in [0.1, 0.15) is 84.3 Å². The predicted molar refractivity (Wildman–Crippen MR) is 126 cm³/mol. The van der Waals surface area contributed by atoms with Gasteiger partial charge in [0.1, 0.15) is 5.75 Å². The van der Waals surface area contributed by atoms with E-state index >= 15 is 0 Å². The molecule has 164 valence electrons. The molecule has 0 bridgehead atoms. The van der Waals surface area contributed by atoms with Crippen molar-refractivity contribution in [1.29, 1.82) is 0 Å². The third kappa shape index (κ3) is 3.45. The monoisotopic (exact) mass is 408 g/mol. The highest BCUT2D eigenvalue weighted by atomic mass is 16.5. The topological polar surface area (TPSA) is 29.5 Å². The molecule has 0 amide bonds. The number of fused-ring (bicyclic) bond motifs is 2. The molecular formula is C28H40O2. The summed E-state index contributed by atoms with van der Waals surface area (Å²) in [5, 5.41) is 10.7. The van der Waals surface area contributed by atoms with Crippen LogP contribution >= 0.6 is 0 Å². The van der Waals surface area contributed by atoms with Gasteiger partial charge in [0.2, 0.25) is 0 Å². The Morgan fingerprint density at radius 2 is 1.90 bits per heavy atom. The summed E-state index contributed by atoms with van der Waals surface area (Å²) in [5.41, 5.74) is 7.81. The smallest absolute Gasteiger partial charge is 0.119 e. The lowest BCUT2D eigenvalue weighted by atomic mass is 9.49. The second-order valence-electron chi connectivity index (χ2n) is 11.0. The van der Waals surface area contributed by atoms with E-state index in [0.29, 0.717) is 11.8 Å². The number of ether oxygens (including phenoxy) is 1. The number of methoxy groups -OCH3 is 1. The van der Waals surface area contributed by atoms with Gasteiger partial charge in [-0.15, -0.1) is 0 Å². The fraction of sp³-hybridized carbons (Fsp3) is 0.643. The average Bonchev–Trinajstić information content (AvgIpc) is 2.71. The van der Waals surface area contributed by atoms with Gasteiger partial charge in [0.05, 0.1) is 13.2 Å². The van der Waals surface area contributed by atoms with E-state index < -0.39 is 0 Å². The van der Waals surface area contributed by atoms with Crippen LogP contribution in [0.25, 0.3) is 5.57 Å². The fourth-order valence-electron chi connectivity index (χ4n) is 7.00. The average molecular weight is 409 g/mol. The maximum Gasteiger partial charge on any atom is 0.119 e. The first kappa shape index (κ1) is 21.7. The van der Waals surface area contributed by atoms with Crippen molar-refractivity contribution in [3.05, 3.63) is 46.5 Å². The van der Waals surface area contributed by atoms with E-state index in [1.807, 2.05) is 0 Å². The van der Waals surface area contributed by atoms with Crippen LogP contribution < -0.4 is 4.74 Å². The summed E-state index contributed by atoms with van der Waals surface area (Å²) in [7, 11) is 1.75. The number of aliphatic hydroxyl groups excluding tert-OH is 1. The summed E-state index contributed by atoms with van der Waals surface area (Å²) in [6, 6.07) is 6.60. The lowest BCUT2D eigenvalue weighted by molar-refractivity contribution is -0.0888. The molecule has 0 saturated heterocycles. The van der Waals surface area contributed by atoms with E-state index in [4.69, 9.17) is 4.74 Å². The number of hydrogen-bond acceptors (Lipinski definition) is 2. The van der Waals surface area contributed by atoms with Crippen LogP contribution in [0, 0.1) is 22.7 Å². The lowest BCUT2D eigenvalue weighted by Crippen LogP contribution is -2.51. The zero-order valence-corrected chi connectivity index (χ0v) is 19.8. The Balaban J connectivity index is 1.68. The van der Waals surface area contributed by atoms with Crippen LogP contribution in [0.3, 0.4) is 0 Å². The number of rotatable bonds is 3. The second kappa shape index (κ2) is 7.86. The number of hydrogen-bond donors (Lipinski definition) is 1. The molecule has 1 aromatic carbocycles. The first-order chi connectivity index (χ1) is 14.2. The number of benzene rings is 1. The van der Waals surface area contributed by atoms with Gasteiger partial charge in [0.15, 0.2) is 0 Å². The van der Waals surface area contributed by atoms with Crippen molar-refractivity contribution in [2.75, 3.05) is 7.11 Å². The number of aryl methyl sites for hydroxylation is 1. The van der Waals surface area contributed by atoms with Gasteiger partial charge in [-0.2, -0.15) is 0 Å². The molecule has 0 heterocycles. The van der Waals surface area contributed by atoms with Crippen molar-refractivity contribution in [3.8, 4) is 5.75 Å². The Bertz CT molecular complexity index is 875. The minimum atomic E-state index is -0.172. The Morgan fingerprint density at radius 3 is 2.63 bits per heavy atom. The highest BCUT2D eigenvalue weighted by molar-refractivity contribution is 5.72. The first-order valence-corrected chi connectivity index (χ1v) is 11.9. The molecule has 0 aliphatic heterocycles. The molecule has 0 radical (unpaired) electrons. The summed E-state index contributed by atoms with van der Waals surface area (Å²) in [6.45, 7) is 11.8. The van der Waals surface area contributed by atoms with Crippen LogP contribution in [0.15, 0.2) is 35.4 Å². The first-order valence-electron chi connectivity index (χ1n) is 11.9. The normalized spacial score (nSPS) is 34.5. The molecule has 0 spiro atoms. The van der Waals surface area contributed by atoms with Crippen molar-refractivity contribution in [3.63, 3.8) is 0 Å². The Morgan fingerprint density at radius 1 is 1.13 bits per heavy atom. The maximum atomic E-state index is 10.7. The van der Waals surface area contributed by atoms with Gasteiger partial charge in [-0.1, -0.05) is 51.0 Å². The molecule has 4 rings (SSSR count). The molecule has 4 atom stereocenters. The van der Waals surface area contributed by atoms with E-state index in [-0.39, 0.29) is 16.9 Å². The third-order valence-electron chi connectivity index (χ3n) is 9.00. The third-order valence-corrected chi connectivity index (χ3v) is 9.00. The predicted octanol–water partition coefficient (Wildman–Crippen LogP) is 6.96.